The summed E-state index contributed by atoms with van der Waals surface area (Å²) in [6.45, 7) is 9.35. The van der Waals surface area contributed by atoms with E-state index in [0.717, 1.165) is 12.1 Å². The number of nitro groups is 1. The second-order valence-corrected chi connectivity index (χ2v) is 9.45. The van der Waals surface area contributed by atoms with E-state index < -0.39 is 71.1 Å². The summed E-state index contributed by atoms with van der Waals surface area (Å²) in [6, 6.07) is 3.36. The van der Waals surface area contributed by atoms with E-state index >= 15 is 0 Å². The van der Waals surface area contributed by atoms with Gasteiger partial charge in [-0.1, -0.05) is 44.0 Å². The Labute approximate surface area is 235 Å². The predicted molar refractivity (Wildman–Crippen MR) is 139 cm³/mol. The van der Waals surface area contributed by atoms with E-state index in [0.29, 0.717) is 0 Å². The van der Waals surface area contributed by atoms with Crippen LogP contribution in [0.15, 0.2) is 24.3 Å². The molecule has 7 atom stereocenters. The van der Waals surface area contributed by atoms with E-state index in [1.165, 1.54) is 31.8 Å². The molecule has 16 heteroatoms. The molecule has 1 saturated heterocycles. The third-order valence-corrected chi connectivity index (χ3v) is 6.35. The van der Waals surface area contributed by atoms with Crippen molar-refractivity contribution in [2.45, 2.75) is 68.5 Å². The number of ether oxygens (including phenoxy) is 2. The molecule has 0 saturated carbocycles. The first-order valence-corrected chi connectivity index (χ1v) is 12.9. The van der Waals surface area contributed by atoms with Gasteiger partial charge in [-0.05, 0) is 37.3 Å². The van der Waals surface area contributed by atoms with Crippen molar-refractivity contribution in [1.29, 1.82) is 0 Å². The lowest BCUT2D eigenvalue weighted by Gasteiger charge is -2.41. The van der Waals surface area contributed by atoms with Crippen LogP contribution in [0, 0.1) is 10.1 Å². The number of hydrogen-bond acceptors (Lipinski definition) is 11. The van der Waals surface area contributed by atoms with Crippen molar-refractivity contribution in [2.24, 2.45) is 0 Å². The molecule has 2 rings (SSSR count). The van der Waals surface area contributed by atoms with Crippen molar-refractivity contribution in [3.8, 4) is 0 Å². The quantitative estimate of drug-likeness (QED) is 0.108. The molecule has 1 heterocycles. The highest BCUT2D eigenvalue weighted by atomic mass is 35.5. The van der Waals surface area contributed by atoms with Crippen LogP contribution in [-0.4, -0.2) is 115 Å². The Balaban J connectivity index is 0.000000956. The van der Waals surface area contributed by atoms with Gasteiger partial charge in [0.15, 0.2) is 17.2 Å². The number of halogens is 2. The predicted octanol–water partition coefficient (Wildman–Crippen LogP) is 0.174. The molecule has 14 nitrogen and oxygen atoms in total. The van der Waals surface area contributed by atoms with Crippen molar-refractivity contribution in [1.82, 2.24) is 10.2 Å². The van der Waals surface area contributed by atoms with Crippen LogP contribution in [0.1, 0.15) is 32.4 Å². The Morgan fingerprint density at radius 3 is 2.00 bits per heavy atom. The fraction of sp³-hybridized carbons (Fsp3) is 0.652. The minimum atomic E-state index is -1.97. The Morgan fingerprint density at radius 1 is 1.08 bits per heavy atom. The molecule has 222 valence electrons. The molecule has 1 aromatic rings. The second-order valence-electron chi connectivity index (χ2n) is 8.36. The Bertz CT molecular complexity index is 916. The molecule has 0 radical (unpaired) electrons. The summed E-state index contributed by atoms with van der Waals surface area (Å²) in [7, 11) is 0. The monoisotopic (exact) mass is 599 g/mol. The number of nitrogens with zero attached hydrogens (tertiary/aromatic N) is 2. The van der Waals surface area contributed by atoms with Crippen molar-refractivity contribution < 1.29 is 49.5 Å². The number of carboxylic acid groups (broad SMARTS) is 1. The molecular formula is C23H35Cl2N3O11. The molecular weight excluding hydrogens is 565 g/mol. The zero-order valence-corrected chi connectivity index (χ0v) is 23.1. The van der Waals surface area contributed by atoms with Crippen LogP contribution in [-0.2, 0) is 19.1 Å². The number of non-ortho nitro benzene ring substituents is 1. The number of alkyl halides is 2. The molecule has 1 aromatic carbocycles. The molecule has 6 N–H and O–H groups in total. The van der Waals surface area contributed by atoms with Crippen molar-refractivity contribution in [2.75, 3.05) is 26.2 Å². The van der Waals surface area contributed by atoms with Crippen LogP contribution in [0.25, 0.3) is 0 Å². The highest BCUT2D eigenvalue weighted by Gasteiger charge is 2.48. The largest absolute Gasteiger partial charge is 0.479 e. The highest BCUT2D eigenvalue weighted by Crippen LogP contribution is 2.31. The van der Waals surface area contributed by atoms with Crippen molar-refractivity contribution in [3.63, 3.8) is 0 Å². The summed E-state index contributed by atoms with van der Waals surface area (Å²) < 4.78 is 10.7. The number of aliphatic hydroxyl groups excluding tert-OH is 4. The Hall–Kier alpha value is -2.14. The van der Waals surface area contributed by atoms with Gasteiger partial charge in [0.2, 0.25) is 0 Å². The number of aliphatic carboxylic acids is 1. The number of rotatable bonds is 12. The van der Waals surface area contributed by atoms with Gasteiger partial charge in [0.05, 0.1) is 17.6 Å². The van der Waals surface area contributed by atoms with Gasteiger partial charge in [-0.25, -0.2) is 4.79 Å². The molecule has 1 aliphatic rings. The maximum absolute atomic E-state index is 11.9. The molecule has 0 aromatic heterocycles. The topological polar surface area (TPSA) is 212 Å². The van der Waals surface area contributed by atoms with Crippen molar-refractivity contribution in [3.05, 3.63) is 39.9 Å². The maximum Gasteiger partial charge on any atom is 0.335 e. The summed E-state index contributed by atoms with van der Waals surface area (Å²) in [5.74, 6) is -2.57. The smallest absolute Gasteiger partial charge is 0.335 e. The van der Waals surface area contributed by atoms with E-state index in [1.54, 1.807) is 0 Å². The number of carboxylic acids is 1. The van der Waals surface area contributed by atoms with Crippen molar-refractivity contribution >= 4 is 40.8 Å². The molecule has 0 bridgehead atoms. The van der Waals surface area contributed by atoms with Crippen LogP contribution in [0.5, 0.6) is 0 Å². The number of benzene rings is 1. The molecule has 0 aliphatic carbocycles. The minimum Gasteiger partial charge on any atom is -0.479 e. The van der Waals surface area contributed by atoms with E-state index in [-0.39, 0.29) is 11.3 Å². The number of nitrogens with one attached hydrogen (secondary N) is 1. The first kappa shape index (κ1) is 34.9. The van der Waals surface area contributed by atoms with E-state index in [2.05, 4.69) is 31.0 Å². The number of aliphatic hydroxyl groups is 4. The lowest BCUT2D eigenvalue weighted by molar-refractivity contribution is -0.384. The number of carbonyl (C=O) groups is 2. The second kappa shape index (κ2) is 16.8. The van der Waals surface area contributed by atoms with Gasteiger partial charge in [0, 0.05) is 12.1 Å². The Morgan fingerprint density at radius 2 is 1.62 bits per heavy atom. The summed E-state index contributed by atoms with van der Waals surface area (Å²) in [5.41, 5.74) is -0.143. The third kappa shape index (κ3) is 10.1. The number of carbonyl (C=O) groups excluding carboxylic acids is 1. The van der Waals surface area contributed by atoms with Crippen LogP contribution in [0.4, 0.5) is 5.69 Å². The number of nitro benzene ring substituents is 1. The lowest BCUT2D eigenvalue weighted by atomic mass is 9.98. The van der Waals surface area contributed by atoms with Crippen LogP contribution < -0.4 is 5.32 Å². The standard InChI is InChI=1S/C17H20Cl2N2O11.C6H15N/c18-14(19)15(26)20-8(5-22)12(6-1-3-7(4-2-6)21(29)30)31-17-11(25)9(23)10(24)13(32-17)16(27)28;1-4-7(5-2)6-3/h1-4,8-14,17,22-25H,5H2,(H,20,26)(H,27,28);4-6H2,1-3H3/t8-,9?,10+,11?,12-,13+,17-;/m1./s1. The van der Waals surface area contributed by atoms with Crippen LogP contribution in [0.2, 0.25) is 0 Å². The fourth-order valence-corrected chi connectivity index (χ4v) is 3.76. The summed E-state index contributed by atoms with van der Waals surface area (Å²) in [4.78, 5) is 34.3. The Kier molecular flexibility index (Phi) is 15.1. The minimum absolute atomic E-state index is 0.138. The molecule has 39 heavy (non-hydrogen) atoms. The van der Waals surface area contributed by atoms with Crippen LogP contribution >= 0.6 is 23.2 Å². The van der Waals surface area contributed by atoms with Gasteiger partial charge in [-0.2, -0.15) is 0 Å². The van der Waals surface area contributed by atoms with Gasteiger partial charge < -0.3 is 45.2 Å². The van der Waals surface area contributed by atoms with Crippen LogP contribution in [0.3, 0.4) is 0 Å². The normalized spacial score (nSPS) is 24.4. The lowest BCUT2D eigenvalue weighted by Crippen LogP contribution is -2.61. The zero-order valence-electron chi connectivity index (χ0n) is 21.6. The van der Waals surface area contributed by atoms with E-state index in [1.807, 2.05) is 0 Å². The summed E-state index contributed by atoms with van der Waals surface area (Å²) in [5, 5.41) is 62.1. The average Bonchev–Trinajstić information content (AvgIpc) is 2.91. The number of amides is 1. The molecule has 1 amide bonds. The fourth-order valence-electron chi connectivity index (χ4n) is 3.63. The zero-order chi connectivity index (χ0) is 29.9. The summed E-state index contributed by atoms with van der Waals surface area (Å²) >= 11 is 11.0. The van der Waals surface area contributed by atoms with E-state index in [9.17, 15) is 45.2 Å². The van der Waals surface area contributed by atoms with Gasteiger partial charge in [0.1, 0.15) is 24.4 Å². The first-order chi connectivity index (χ1) is 18.3. The molecule has 0 spiro atoms. The maximum atomic E-state index is 11.9. The number of hydrogen-bond donors (Lipinski definition) is 6. The van der Waals surface area contributed by atoms with Gasteiger partial charge >= 0.3 is 5.97 Å². The first-order valence-electron chi connectivity index (χ1n) is 12.1. The SMILES string of the molecule is CCN(CC)CC.O=C(N[C@H](CO)[C@H](O[C@@H]1O[C@H](C(=O)O)[C@@H](O)C(O)C1O)c1ccc([N+](=O)[O-])cc1)C(Cl)Cl. The van der Waals surface area contributed by atoms with E-state index in [4.69, 9.17) is 32.7 Å². The van der Waals surface area contributed by atoms with Gasteiger partial charge in [-0.3, -0.25) is 14.9 Å². The third-order valence-electron chi connectivity index (χ3n) is 5.96. The van der Waals surface area contributed by atoms with Gasteiger partial charge in [0.25, 0.3) is 11.6 Å². The molecule has 1 aliphatic heterocycles. The molecule has 2 unspecified atom stereocenters. The average molecular weight is 600 g/mol. The van der Waals surface area contributed by atoms with Gasteiger partial charge in [-0.15, -0.1) is 0 Å². The molecule has 1 fully saturated rings. The summed E-state index contributed by atoms with van der Waals surface area (Å²) in [6.07, 6.45) is -11.1. The highest BCUT2D eigenvalue weighted by molar-refractivity contribution is 6.53.